The molecule has 27 heavy (non-hydrogen) atoms. The van der Waals surface area contributed by atoms with Gasteiger partial charge in [-0.3, -0.25) is 9.48 Å². The average Bonchev–Trinajstić information content (AvgIpc) is 2.93. The summed E-state index contributed by atoms with van der Waals surface area (Å²) < 4.78 is 25.6. The zero-order valence-electron chi connectivity index (χ0n) is 16.2. The summed E-state index contributed by atoms with van der Waals surface area (Å²) in [5, 5.41) is 9.88. The summed E-state index contributed by atoms with van der Waals surface area (Å²) >= 11 is 0. The summed E-state index contributed by atoms with van der Waals surface area (Å²) in [6.45, 7) is 5.04. The Hall–Kier alpha value is -1.90. The number of aryl methyl sites for hydroxylation is 1. The van der Waals surface area contributed by atoms with E-state index in [0.717, 1.165) is 5.56 Å². The van der Waals surface area contributed by atoms with Crippen molar-refractivity contribution in [3.63, 3.8) is 0 Å². The molecule has 0 saturated heterocycles. The van der Waals surface area contributed by atoms with E-state index < -0.39 is 20.6 Å². The summed E-state index contributed by atoms with van der Waals surface area (Å²) in [5.74, 6) is -0.311. The Morgan fingerprint density at radius 1 is 1.30 bits per heavy atom. The highest BCUT2D eigenvalue weighted by Crippen LogP contribution is 2.22. The quantitative estimate of drug-likeness (QED) is 0.757. The Morgan fingerprint density at radius 3 is 2.48 bits per heavy atom. The second-order valence-corrected chi connectivity index (χ2v) is 9.97. The largest absolute Gasteiger partial charge is 0.324 e. The Kier molecular flexibility index (Phi) is 7.59. The normalized spacial score (nSPS) is 12.9. The SMILES string of the molecule is CNC(C(=O)Nc1cccc(CS(=O)(=O)C(C)(C)C)c1)c1cnn(C)c1.Cl. The van der Waals surface area contributed by atoms with Crippen molar-refractivity contribution < 1.29 is 13.2 Å². The van der Waals surface area contributed by atoms with E-state index in [1.807, 2.05) is 0 Å². The molecule has 1 aromatic carbocycles. The first-order chi connectivity index (χ1) is 12.0. The molecule has 0 bridgehead atoms. The zero-order chi connectivity index (χ0) is 19.5. The number of carbonyl (C=O) groups excluding carboxylic acids is 1. The van der Waals surface area contributed by atoms with Crippen molar-refractivity contribution >= 4 is 33.8 Å². The minimum atomic E-state index is -3.29. The molecule has 0 aliphatic rings. The lowest BCUT2D eigenvalue weighted by atomic mass is 10.1. The zero-order valence-corrected chi connectivity index (χ0v) is 17.8. The van der Waals surface area contributed by atoms with Crippen LogP contribution in [0.2, 0.25) is 0 Å². The molecule has 2 N–H and O–H groups in total. The molecule has 0 saturated carbocycles. The highest BCUT2D eigenvalue weighted by Gasteiger charge is 2.29. The van der Waals surface area contributed by atoms with E-state index in [-0.39, 0.29) is 24.1 Å². The number of amides is 1. The van der Waals surface area contributed by atoms with Gasteiger partial charge < -0.3 is 10.6 Å². The summed E-state index contributed by atoms with van der Waals surface area (Å²) in [6, 6.07) is 6.36. The van der Waals surface area contributed by atoms with Crippen molar-refractivity contribution in [2.75, 3.05) is 12.4 Å². The van der Waals surface area contributed by atoms with Crippen molar-refractivity contribution in [3.8, 4) is 0 Å². The minimum Gasteiger partial charge on any atom is -0.324 e. The van der Waals surface area contributed by atoms with Gasteiger partial charge >= 0.3 is 0 Å². The van der Waals surface area contributed by atoms with E-state index in [4.69, 9.17) is 0 Å². The first kappa shape index (κ1) is 23.1. The van der Waals surface area contributed by atoms with Crippen molar-refractivity contribution in [1.29, 1.82) is 0 Å². The van der Waals surface area contributed by atoms with Gasteiger partial charge in [0.05, 0.1) is 16.7 Å². The van der Waals surface area contributed by atoms with Crippen molar-refractivity contribution in [3.05, 3.63) is 47.8 Å². The molecule has 0 spiro atoms. The molecule has 1 amide bonds. The molecule has 1 aromatic heterocycles. The van der Waals surface area contributed by atoms with Crippen LogP contribution in [0.4, 0.5) is 5.69 Å². The lowest BCUT2D eigenvalue weighted by Gasteiger charge is -2.19. The fourth-order valence-electron chi connectivity index (χ4n) is 2.43. The first-order valence-electron chi connectivity index (χ1n) is 8.31. The van der Waals surface area contributed by atoms with Gasteiger partial charge in [-0.25, -0.2) is 8.42 Å². The third-order valence-corrected chi connectivity index (χ3v) is 6.67. The standard InChI is InChI=1S/C18H26N4O3S.ClH/c1-18(2,3)26(24,25)12-13-7-6-8-15(9-13)21-17(23)16(19-4)14-10-20-22(5)11-14;/h6-11,16,19H,12H2,1-5H3,(H,21,23);1H. The van der Waals surface area contributed by atoms with E-state index in [2.05, 4.69) is 15.7 Å². The van der Waals surface area contributed by atoms with Crippen LogP contribution >= 0.6 is 12.4 Å². The number of hydrogen-bond acceptors (Lipinski definition) is 5. The summed E-state index contributed by atoms with van der Waals surface area (Å²) in [7, 11) is 0.190. The molecule has 2 aromatic rings. The first-order valence-corrected chi connectivity index (χ1v) is 9.96. The number of benzene rings is 1. The van der Waals surface area contributed by atoms with Crippen LogP contribution in [0.15, 0.2) is 36.7 Å². The second kappa shape index (κ2) is 8.86. The second-order valence-electron chi connectivity index (χ2n) is 7.23. The van der Waals surface area contributed by atoms with E-state index in [1.165, 1.54) is 0 Å². The number of nitrogens with zero attached hydrogens (tertiary/aromatic N) is 2. The third-order valence-electron chi connectivity index (χ3n) is 4.09. The molecule has 0 aliphatic carbocycles. The fraction of sp³-hybridized carbons (Fsp3) is 0.444. The van der Waals surface area contributed by atoms with Gasteiger partial charge in [0.15, 0.2) is 9.84 Å². The molecule has 1 unspecified atom stereocenters. The van der Waals surface area contributed by atoms with E-state index in [9.17, 15) is 13.2 Å². The highest BCUT2D eigenvalue weighted by molar-refractivity contribution is 7.91. The van der Waals surface area contributed by atoms with E-state index >= 15 is 0 Å². The van der Waals surface area contributed by atoms with Gasteiger partial charge in [0.1, 0.15) is 6.04 Å². The van der Waals surface area contributed by atoms with Crippen LogP contribution < -0.4 is 10.6 Å². The van der Waals surface area contributed by atoms with Crippen molar-refractivity contribution in [1.82, 2.24) is 15.1 Å². The topological polar surface area (TPSA) is 93.1 Å². The Morgan fingerprint density at radius 2 is 1.96 bits per heavy atom. The number of anilines is 1. The number of sulfone groups is 1. The number of nitrogens with one attached hydrogen (secondary N) is 2. The number of halogens is 1. The molecule has 0 fully saturated rings. The van der Waals surface area contributed by atoms with Crippen LogP contribution in [0.25, 0.3) is 0 Å². The lowest BCUT2D eigenvalue weighted by molar-refractivity contribution is -0.118. The average molecular weight is 415 g/mol. The molecule has 2 rings (SSSR count). The summed E-state index contributed by atoms with van der Waals surface area (Å²) in [6.07, 6.45) is 3.40. The van der Waals surface area contributed by atoms with Crippen LogP contribution in [-0.4, -0.2) is 35.9 Å². The smallest absolute Gasteiger partial charge is 0.246 e. The van der Waals surface area contributed by atoms with Gasteiger partial charge in [-0.05, 0) is 45.5 Å². The van der Waals surface area contributed by atoms with Crippen LogP contribution in [0.3, 0.4) is 0 Å². The lowest BCUT2D eigenvalue weighted by Crippen LogP contribution is -2.30. The van der Waals surface area contributed by atoms with Crippen LogP contribution in [0.1, 0.15) is 37.9 Å². The number of aromatic nitrogens is 2. The predicted molar refractivity (Wildman–Crippen MR) is 110 cm³/mol. The van der Waals surface area contributed by atoms with Gasteiger partial charge in [0.2, 0.25) is 5.91 Å². The monoisotopic (exact) mass is 414 g/mol. The Bertz CT molecular complexity index is 888. The Balaban J connectivity index is 0.00000364. The third kappa shape index (κ3) is 5.79. The molecule has 1 atom stereocenters. The molecule has 150 valence electrons. The molecular weight excluding hydrogens is 388 g/mol. The van der Waals surface area contributed by atoms with Gasteiger partial charge in [-0.2, -0.15) is 5.10 Å². The summed E-state index contributed by atoms with van der Waals surface area (Å²) in [4.78, 5) is 12.6. The van der Waals surface area contributed by atoms with Crippen molar-refractivity contribution in [2.45, 2.75) is 37.3 Å². The maximum atomic E-state index is 12.6. The highest BCUT2D eigenvalue weighted by atomic mass is 35.5. The van der Waals surface area contributed by atoms with Gasteiger partial charge in [0, 0.05) is 24.5 Å². The molecule has 9 heteroatoms. The molecule has 1 heterocycles. The number of carbonyl (C=O) groups is 1. The minimum absolute atomic E-state index is 0. The fourth-order valence-corrected chi connectivity index (χ4v) is 3.48. The Labute approximate surface area is 166 Å². The van der Waals surface area contributed by atoms with Gasteiger partial charge in [-0.1, -0.05) is 12.1 Å². The number of rotatable bonds is 6. The predicted octanol–water partition coefficient (Wildman–Crippen LogP) is 2.45. The van der Waals surface area contributed by atoms with Crippen LogP contribution in [0, 0.1) is 0 Å². The molecule has 0 radical (unpaired) electrons. The van der Waals surface area contributed by atoms with Gasteiger partial charge in [0.25, 0.3) is 0 Å². The molecular formula is C18H27ClN4O3S. The van der Waals surface area contributed by atoms with Gasteiger partial charge in [-0.15, -0.1) is 12.4 Å². The number of hydrogen-bond donors (Lipinski definition) is 2. The van der Waals surface area contributed by atoms with Crippen LogP contribution in [-0.2, 0) is 27.4 Å². The molecule has 0 aliphatic heterocycles. The van der Waals surface area contributed by atoms with E-state index in [1.54, 1.807) is 76.2 Å². The van der Waals surface area contributed by atoms with Crippen molar-refractivity contribution in [2.24, 2.45) is 7.05 Å². The summed E-state index contributed by atoms with van der Waals surface area (Å²) in [5.41, 5.74) is 1.94. The maximum Gasteiger partial charge on any atom is 0.246 e. The van der Waals surface area contributed by atoms with E-state index in [0.29, 0.717) is 11.3 Å². The van der Waals surface area contributed by atoms with Crippen LogP contribution in [0.5, 0.6) is 0 Å². The maximum absolute atomic E-state index is 12.6. The number of likely N-dealkylation sites (N-methyl/N-ethyl adjacent to an activating group) is 1. The molecule has 7 nitrogen and oxygen atoms in total.